The van der Waals surface area contributed by atoms with Crippen molar-refractivity contribution in [2.24, 2.45) is 0 Å². The minimum Gasteiger partial charge on any atom is -0.380 e. The van der Waals surface area contributed by atoms with Crippen molar-refractivity contribution in [3.8, 4) is 0 Å². The molecular formula is C14H22ClNO. The summed E-state index contributed by atoms with van der Waals surface area (Å²) in [7, 11) is 0. The quantitative estimate of drug-likeness (QED) is 0.569. The highest BCUT2D eigenvalue weighted by molar-refractivity contribution is 6.18. The van der Waals surface area contributed by atoms with Crippen molar-refractivity contribution in [2.45, 2.75) is 25.8 Å². The van der Waals surface area contributed by atoms with Crippen molar-refractivity contribution >= 4 is 11.6 Å². The van der Waals surface area contributed by atoms with Gasteiger partial charge in [0.2, 0.25) is 0 Å². The molecule has 0 spiro atoms. The molecule has 1 N–H and O–H groups in total. The molecule has 17 heavy (non-hydrogen) atoms. The zero-order valence-electron chi connectivity index (χ0n) is 10.7. The number of rotatable bonds is 8. The van der Waals surface area contributed by atoms with Crippen LogP contribution in [0.15, 0.2) is 30.3 Å². The van der Waals surface area contributed by atoms with Crippen LogP contribution in [0, 0.1) is 0 Å². The predicted molar refractivity (Wildman–Crippen MR) is 73.6 cm³/mol. The van der Waals surface area contributed by atoms with Crippen molar-refractivity contribution in [1.29, 1.82) is 0 Å². The van der Waals surface area contributed by atoms with E-state index in [-0.39, 0.29) is 5.54 Å². The van der Waals surface area contributed by atoms with Gasteiger partial charge >= 0.3 is 0 Å². The second-order valence-corrected chi connectivity index (χ2v) is 4.64. The van der Waals surface area contributed by atoms with E-state index >= 15 is 0 Å². The molecule has 1 rings (SSSR count). The third kappa shape index (κ3) is 4.66. The molecule has 2 nitrogen and oxygen atoms in total. The van der Waals surface area contributed by atoms with E-state index in [2.05, 4.69) is 31.3 Å². The van der Waals surface area contributed by atoms with Gasteiger partial charge in [-0.25, -0.2) is 0 Å². The van der Waals surface area contributed by atoms with E-state index in [0.29, 0.717) is 5.88 Å². The maximum Gasteiger partial charge on any atom is 0.0591 e. The normalized spacial score (nSPS) is 14.5. The van der Waals surface area contributed by atoms with Gasteiger partial charge in [-0.3, -0.25) is 0 Å². The molecule has 0 aromatic heterocycles. The van der Waals surface area contributed by atoms with Gasteiger partial charge in [0.25, 0.3) is 0 Å². The molecular weight excluding hydrogens is 234 g/mol. The molecule has 0 heterocycles. The number of alkyl halides is 1. The molecule has 1 aromatic rings. The third-order valence-electron chi connectivity index (χ3n) is 2.79. The van der Waals surface area contributed by atoms with E-state index in [9.17, 15) is 0 Å². The van der Waals surface area contributed by atoms with Crippen molar-refractivity contribution in [1.82, 2.24) is 5.32 Å². The molecule has 1 atom stereocenters. The Morgan fingerprint density at radius 3 is 2.53 bits per heavy atom. The van der Waals surface area contributed by atoms with Crippen LogP contribution in [0.3, 0.4) is 0 Å². The van der Waals surface area contributed by atoms with E-state index in [1.165, 1.54) is 5.56 Å². The molecule has 0 aliphatic rings. The van der Waals surface area contributed by atoms with Gasteiger partial charge in [0.1, 0.15) is 0 Å². The molecule has 1 unspecified atom stereocenters. The van der Waals surface area contributed by atoms with Gasteiger partial charge in [0, 0.05) is 19.0 Å². The first-order chi connectivity index (χ1) is 8.23. The smallest absolute Gasteiger partial charge is 0.0591 e. The summed E-state index contributed by atoms with van der Waals surface area (Å²) in [6.45, 7) is 6.60. The summed E-state index contributed by atoms with van der Waals surface area (Å²) in [5.74, 6) is 0.546. The molecule has 3 heteroatoms. The lowest BCUT2D eigenvalue weighted by Gasteiger charge is -2.29. The van der Waals surface area contributed by atoms with Crippen LogP contribution in [0.1, 0.15) is 25.8 Å². The molecule has 0 fully saturated rings. The highest BCUT2D eigenvalue weighted by Crippen LogP contribution is 2.21. The van der Waals surface area contributed by atoms with Crippen molar-refractivity contribution in [2.75, 3.05) is 25.6 Å². The predicted octanol–water partition coefficient (Wildman–Crippen LogP) is 3.16. The largest absolute Gasteiger partial charge is 0.380 e. The highest BCUT2D eigenvalue weighted by atomic mass is 35.5. The second kappa shape index (κ2) is 7.70. The van der Waals surface area contributed by atoms with E-state index in [0.717, 1.165) is 26.2 Å². The molecule has 0 aliphatic heterocycles. The average molecular weight is 256 g/mol. The summed E-state index contributed by atoms with van der Waals surface area (Å²) in [6, 6.07) is 10.3. The van der Waals surface area contributed by atoms with Gasteiger partial charge in [-0.2, -0.15) is 0 Å². The van der Waals surface area contributed by atoms with Gasteiger partial charge < -0.3 is 10.1 Å². The van der Waals surface area contributed by atoms with Crippen LogP contribution in [0.2, 0.25) is 0 Å². The lowest BCUT2D eigenvalue weighted by Crippen LogP contribution is -2.43. The molecule has 0 bridgehead atoms. The molecule has 1 aromatic carbocycles. The van der Waals surface area contributed by atoms with E-state index < -0.39 is 0 Å². The first-order valence-corrected chi connectivity index (χ1v) is 6.70. The molecule has 0 saturated carbocycles. The zero-order chi connectivity index (χ0) is 12.6. The minimum atomic E-state index is -0.182. The molecule has 96 valence electrons. The van der Waals surface area contributed by atoms with E-state index in [4.69, 9.17) is 16.3 Å². The van der Waals surface area contributed by atoms with Crippen LogP contribution in [0.5, 0.6) is 0 Å². The van der Waals surface area contributed by atoms with E-state index in [1.54, 1.807) is 0 Å². The maximum atomic E-state index is 6.08. The SMILES string of the molecule is CCCOCCNC(C)(CCl)c1ccccc1. The standard InChI is InChI=1S/C14H22ClNO/c1-3-10-17-11-9-16-14(2,12-15)13-7-5-4-6-8-13/h4-8,16H,3,9-12H2,1-2H3. The van der Waals surface area contributed by atoms with Gasteiger partial charge in [-0.1, -0.05) is 37.3 Å². The molecule has 0 radical (unpaired) electrons. The number of nitrogens with one attached hydrogen (secondary N) is 1. The van der Waals surface area contributed by atoms with Gasteiger partial charge in [-0.05, 0) is 18.9 Å². The van der Waals surface area contributed by atoms with Crippen LogP contribution in [0.25, 0.3) is 0 Å². The number of hydrogen-bond donors (Lipinski definition) is 1. The Bertz CT molecular complexity index is 304. The number of benzene rings is 1. The van der Waals surface area contributed by atoms with Gasteiger partial charge in [0.05, 0.1) is 12.1 Å². The number of hydrogen-bond acceptors (Lipinski definition) is 2. The van der Waals surface area contributed by atoms with Crippen LogP contribution < -0.4 is 5.32 Å². The topological polar surface area (TPSA) is 21.3 Å². The Hall–Kier alpha value is -0.570. The Balaban J connectivity index is 2.46. The van der Waals surface area contributed by atoms with E-state index in [1.807, 2.05) is 18.2 Å². The third-order valence-corrected chi connectivity index (χ3v) is 3.32. The summed E-state index contributed by atoms with van der Waals surface area (Å²) in [6.07, 6.45) is 1.06. The van der Waals surface area contributed by atoms with Crippen molar-refractivity contribution in [3.05, 3.63) is 35.9 Å². The van der Waals surface area contributed by atoms with Gasteiger partial charge in [0.15, 0.2) is 0 Å². The summed E-state index contributed by atoms with van der Waals surface area (Å²) >= 11 is 6.08. The molecule has 0 saturated heterocycles. The summed E-state index contributed by atoms with van der Waals surface area (Å²) in [5, 5.41) is 3.46. The van der Waals surface area contributed by atoms with Crippen LogP contribution in [-0.2, 0) is 10.3 Å². The number of ether oxygens (including phenoxy) is 1. The molecule has 0 aliphatic carbocycles. The lowest BCUT2D eigenvalue weighted by molar-refractivity contribution is 0.130. The summed E-state index contributed by atoms with van der Waals surface area (Å²) in [4.78, 5) is 0. The fourth-order valence-corrected chi connectivity index (χ4v) is 1.93. The molecule has 0 amide bonds. The van der Waals surface area contributed by atoms with Crippen LogP contribution >= 0.6 is 11.6 Å². The Morgan fingerprint density at radius 1 is 1.24 bits per heavy atom. The van der Waals surface area contributed by atoms with Crippen molar-refractivity contribution < 1.29 is 4.74 Å². The second-order valence-electron chi connectivity index (χ2n) is 4.37. The average Bonchev–Trinajstić information content (AvgIpc) is 2.39. The van der Waals surface area contributed by atoms with Gasteiger partial charge in [-0.15, -0.1) is 11.6 Å². The first kappa shape index (κ1) is 14.5. The lowest BCUT2D eigenvalue weighted by atomic mass is 9.94. The monoisotopic (exact) mass is 255 g/mol. The fourth-order valence-electron chi connectivity index (χ4n) is 1.68. The fraction of sp³-hybridized carbons (Fsp3) is 0.571. The van der Waals surface area contributed by atoms with Crippen LogP contribution in [0.4, 0.5) is 0 Å². The Morgan fingerprint density at radius 2 is 1.94 bits per heavy atom. The summed E-state index contributed by atoms with van der Waals surface area (Å²) < 4.78 is 5.45. The maximum absolute atomic E-state index is 6.08. The number of halogens is 1. The first-order valence-electron chi connectivity index (χ1n) is 6.17. The van der Waals surface area contributed by atoms with Crippen LogP contribution in [-0.4, -0.2) is 25.6 Å². The Labute approximate surface area is 109 Å². The Kier molecular flexibility index (Phi) is 6.56. The summed E-state index contributed by atoms with van der Waals surface area (Å²) in [5.41, 5.74) is 1.03. The zero-order valence-corrected chi connectivity index (χ0v) is 11.5. The highest BCUT2D eigenvalue weighted by Gasteiger charge is 2.24. The minimum absolute atomic E-state index is 0.182. The van der Waals surface area contributed by atoms with Crippen molar-refractivity contribution in [3.63, 3.8) is 0 Å².